The van der Waals surface area contributed by atoms with Crippen LogP contribution in [0.1, 0.15) is 5.69 Å². The van der Waals surface area contributed by atoms with Gasteiger partial charge in [0.25, 0.3) is 0 Å². The minimum atomic E-state index is 0.683. The Morgan fingerprint density at radius 1 is 1.31 bits per heavy atom. The van der Waals surface area contributed by atoms with Gasteiger partial charge in [-0.05, 0) is 6.54 Å². The van der Waals surface area contributed by atoms with Crippen molar-refractivity contribution in [2.75, 3.05) is 6.54 Å². The highest BCUT2D eigenvalue weighted by Gasteiger charge is 1.87. The largest absolute Gasteiger partial charge is 0.351 e. The second-order valence-electron chi connectivity index (χ2n) is 2.38. The Kier molecular flexibility index (Phi) is 4.34. The van der Waals surface area contributed by atoms with Crippen molar-refractivity contribution < 1.29 is 0 Å². The number of nitrogens with two attached hydrogens (primary N) is 1. The molecule has 2 aromatic rings. The van der Waals surface area contributed by atoms with Crippen LogP contribution in [0.3, 0.4) is 0 Å². The molecule has 0 saturated heterocycles. The van der Waals surface area contributed by atoms with Crippen molar-refractivity contribution in [2.45, 2.75) is 6.42 Å². The molecule has 2 aromatic heterocycles. The van der Waals surface area contributed by atoms with Gasteiger partial charge in [-0.1, -0.05) is 0 Å². The third kappa shape index (κ3) is 4.07. The van der Waals surface area contributed by atoms with Gasteiger partial charge in [-0.2, -0.15) is 0 Å². The third-order valence-corrected chi connectivity index (χ3v) is 1.37. The average molecular weight is 179 g/mol. The van der Waals surface area contributed by atoms with E-state index < -0.39 is 0 Å². The van der Waals surface area contributed by atoms with Crippen LogP contribution in [0.15, 0.2) is 31.2 Å². The third-order valence-electron chi connectivity index (χ3n) is 1.37. The smallest absolute Gasteiger partial charge is 0.0921 e. The van der Waals surface area contributed by atoms with Gasteiger partial charge in [-0.15, -0.1) is 0 Å². The lowest BCUT2D eigenvalue weighted by Crippen LogP contribution is -2.02. The fourth-order valence-electron chi connectivity index (χ4n) is 0.792. The van der Waals surface area contributed by atoms with E-state index in [4.69, 9.17) is 5.73 Å². The standard InChI is InChI=1S/C5H9N3.C3H4N2/c6-2-1-5-3-7-4-8-5;1-2-5-3-4-1/h3-4H,1-2,6H2,(H,7,8);1-3H,(H,4,5). The lowest BCUT2D eigenvalue weighted by atomic mass is 10.3. The Morgan fingerprint density at radius 3 is 2.62 bits per heavy atom. The summed E-state index contributed by atoms with van der Waals surface area (Å²) in [5.74, 6) is 0. The molecule has 0 spiro atoms. The van der Waals surface area contributed by atoms with Crippen LogP contribution >= 0.6 is 0 Å². The summed E-state index contributed by atoms with van der Waals surface area (Å²) >= 11 is 0. The Bertz CT molecular complexity index is 256. The highest BCUT2D eigenvalue weighted by Crippen LogP contribution is 1.88. The molecule has 5 nitrogen and oxygen atoms in total. The van der Waals surface area contributed by atoms with E-state index >= 15 is 0 Å². The molecule has 0 aliphatic rings. The van der Waals surface area contributed by atoms with E-state index in [2.05, 4.69) is 19.9 Å². The molecular formula is C8H13N5. The van der Waals surface area contributed by atoms with Crippen LogP contribution in [0.4, 0.5) is 0 Å². The summed E-state index contributed by atoms with van der Waals surface area (Å²) < 4.78 is 0. The second-order valence-corrected chi connectivity index (χ2v) is 2.38. The summed E-state index contributed by atoms with van der Waals surface area (Å²) in [7, 11) is 0. The van der Waals surface area contributed by atoms with E-state index in [1.54, 1.807) is 31.2 Å². The number of imidazole rings is 2. The number of H-pyrrole nitrogens is 2. The maximum absolute atomic E-state index is 5.27. The first-order valence-electron chi connectivity index (χ1n) is 4.03. The minimum absolute atomic E-state index is 0.683. The average Bonchev–Trinajstić information content (AvgIpc) is 2.79. The Labute approximate surface area is 76.4 Å². The predicted octanol–water partition coefficient (Wildman–Crippen LogP) is 0.321. The number of aromatic nitrogens is 4. The molecule has 0 unspecified atom stereocenters. The van der Waals surface area contributed by atoms with Gasteiger partial charge in [-0.25, -0.2) is 9.97 Å². The lowest BCUT2D eigenvalue weighted by Gasteiger charge is -1.86. The lowest BCUT2D eigenvalue weighted by molar-refractivity contribution is 0.935. The number of hydrogen-bond acceptors (Lipinski definition) is 3. The number of aromatic amines is 2. The summed E-state index contributed by atoms with van der Waals surface area (Å²) in [4.78, 5) is 13.2. The number of nitrogens with zero attached hydrogens (tertiary/aromatic N) is 2. The van der Waals surface area contributed by atoms with Crippen LogP contribution in [-0.4, -0.2) is 26.5 Å². The minimum Gasteiger partial charge on any atom is -0.351 e. The molecule has 0 aromatic carbocycles. The first-order chi connectivity index (χ1) is 6.43. The molecule has 70 valence electrons. The Balaban J connectivity index is 0.000000145. The van der Waals surface area contributed by atoms with E-state index in [-0.39, 0.29) is 0 Å². The molecule has 0 atom stereocenters. The first kappa shape index (κ1) is 9.47. The Morgan fingerprint density at radius 2 is 2.23 bits per heavy atom. The summed E-state index contributed by atoms with van der Waals surface area (Å²) in [5.41, 5.74) is 6.38. The van der Waals surface area contributed by atoms with Gasteiger partial charge in [0.2, 0.25) is 0 Å². The highest BCUT2D eigenvalue weighted by atomic mass is 14.9. The van der Waals surface area contributed by atoms with E-state index in [0.717, 1.165) is 12.1 Å². The van der Waals surface area contributed by atoms with E-state index in [9.17, 15) is 0 Å². The van der Waals surface area contributed by atoms with Gasteiger partial charge in [0.05, 0.1) is 12.7 Å². The SMILES string of the molecule is NCCc1cnc[nH]1.c1c[nH]cn1. The zero-order valence-corrected chi connectivity index (χ0v) is 7.27. The normalized spacial score (nSPS) is 9.00. The molecule has 0 saturated carbocycles. The van der Waals surface area contributed by atoms with Crippen molar-refractivity contribution in [1.82, 2.24) is 19.9 Å². The molecule has 0 radical (unpaired) electrons. The van der Waals surface area contributed by atoms with Gasteiger partial charge >= 0.3 is 0 Å². The topological polar surface area (TPSA) is 83.4 Å². The fourth-order valence-corrected chi connectivity index (χ4v) is 0.792. The van der Waals surface area contributed by atoms with Gasteiger partial charge in [0, 0.05) is 30.7 Å². The van der Waals surface area contributed by atoms with E-state index in [0.29, 0.717) is 6.54 Å². The molecule has 2 heterocycles. The summed E-state index contributed by atoms with van der Waals surface area (Å²) in [6.07, 6.45) is 9.41. The second kappa shape index (κ2) is 5.96. The highest BCUT2D eigenvalue weighted by molar-refractivity contribution is 4.93. The molecular weight excluding hydrogens is 166 g/mol. The van der Waals surface area contributed by atoms with Gasteiger partial charge < -0.3 is 15.7 Å². The number of nitrogens with one attached hydrogen (secondary N) is 2. The Hall–Kier alpha value is -1.62. The van der Waals surface area contributed by atoms with Crippen molar-refractivity contribution in [3.63, 3.8) is 0 Å². The summed E-state index contributed by atoms with van der Waals surface area (Å²) in [6, 6.07) is 0. The van der Waals surface area contributed by atoms with Crippen molar-refractivity contribution in [3.05, 3.63) is 36.9 Å². The number of rotatable bonds is 2. The maximum atomic E-state index is 5.27. The van der Waals surface area contributed by atoms with Gasteiger partial charge in [-0.3, -0.25) is 0 Å². The monoisotopic (exact) mass is 179 g/mol. The molecule has 13 heavy (non-hydrogen) atoms. The quantitative estimate of drug-likeness (QED) is 0.620. The fraction of sp³-hybridized carbons (Fsp3) is 0.250. The van der Waals surface area contributed by atoms with Gasteiger partial charge in [0.15, 0.2) is 0 Å². The van der Waals surface area contributed by atoms with Crippen molar-refractivity contribution >= 4 is 0 Å². The van der Waals surface area contributed by atoms with Crippen LogP contribution in [0.2, 0.25) is 0 Å². The first-order valence-corrected chi connectivity index (χ1v) is 4.03. The van der Waals surface area contributed by atoms with Crippen molar-refractivity contribution in [2.24, 2.45) is 5.73 Å². The van der Waals surface area contributed by atoms with Gasteiger partial charge in [0.1, 0.15) is 0 Å². The van der Waals surface area contributed by atoms with Crippen LogP contribution in [0.25, 0.3) is 0 Å². The van der Waals surface area contributed by atoms with Crippen LogP contribution < -0.4 is 5.73 Å². The molecule has 0 aliphatic carbocycles. The molecule has 0 aliphatic heterocycles. The molecule has 0 fully saturated rings. The van der Waals surface area contributed by atoms with E-state index in [1.165, 1.54) is 0 Å². The molecule has 0 bridgehead atoms. The van der Waals surface area contributed by atoms with Crippen molar-refractivity contribution in [3.8, 4) is 0 Å². The van der Waals surface area contributed by atoms with Crippen LogP contribution in [-0.2, 0) is 6.42 Å². The molecule has 4 N–H and O–H groups in total. The number of hydrogen-bond donors (Lipinski definition) is 3. The summed E-state index contributed by atoms with van der Waals surface area (Å²) in [6.45, 7) is 0.683. The predicted molar refractivity (Wildman–Crippen MR) is 49.9 cm³/mol. The maximum Gasteiger partial charge on any atom is 0.0921 e. The zero-order chi connectivity index (χ0) is 9.36. The van der Waals surface area contributed by atoms with Crippen LogP contribution in [0, 0.1) is 0 Å². The van der Waals surface area contributed by atoms with Crippen molar-refractivity contribution in [1.29, 1.82) is 0 Å². The molecule has 2 rings (SSSR count). The molecule has 0 amide bonds. The van der Waals surface area contributed by atoms with Crippen LogP contribution in [0.5, 0.6) is 0 Å². The van der Waals surface area contributed by atoms with E-state index in [1.807, 2.05) is 0 Å². The zero-order valence-electron chi connectivity index (χ0n) is 7.27. The molecule has 5 heteroatoms. The summed E-state index contributed by atoms with van der Waals surface area (Å²) in [5, 5.41) is 0.